The van der Waals surface area contributed by atoms with Gasteiger partial charge in [0.15, 0.2) is 0 Å². The average Bonchev–Trinajstić information content (AvgIpc) is 2.12. The first-order valence-electron chi connectivity index (χ1n) is 4.38. The van der Waals surface area contributed by atoms with E-state index in [0.717, 1.165) is 4.90 Å². The first-order valence-corrected chi connectivity index (χ1v) is 4.83. The summed E-state index contributed by atoms with van der Waals surface area (Å²) in [7, 11) is 0. The number of hydrogen-bond donors (Lipinski definition) is 1. The van der Waals surface area contributed by atoms with Crippen LogP contribution in [0.5, 0.6) is 0 Å². The molecule has 0 aromatic heterocycles. The summed E-state index contributed by atoms with van der Waals surface area (Å²) in [5.74, 6) is 0. The van der Waals surface area contributed by atoms with E-state index in [1.54, 1.807) is 0 Å². The van der Waals surface area contributed by atoms with E-state index in [1.807, 2.05) is 19.9 Å². The predicted molar refractivity (Wildman–Crippen MR) is 59.3 cm³/mol. The van der Waals surface area contributed by atoms with Crippen LogP contribution in [0, 0.1) is 20.8 Å². The first kappa shape index (κ1) is 11.6. The van der Waals surface area contributed by atoms with Crippen LogP contribution in [-0.2, 0) is 0 Å². The molecule has 12 heavy (non-hydrogen) atoms. The minimum atomic E-state index is 1.09. The van der Waals surface area contributed by atoms with Gasteiger partial charge in [0.2, 0.25) is 0 Å². The molecule has 0 saturated carbocycles. The van der Waals surface area contributed by atoms with E-state index in [9.17, 15) is 0 Å². The number of benzene rings is 1. The van der Waals surface area contributed by atoms with Gasteiger partial charge in [0.1, 0.15) is 0 Å². The molecule has 0 saturated heterocycles. The highest BCUT2D eigenvalue weighted by molar-refractivity contribution is 7.80. The first-order chi connectivity index (χ1) is 5.63. The third kappa shape index (κ3) is 2.56. The van der Waals surface area contributed by atoms with Gasteiger partial charge in [-0.15, -0.1) is 12.6 Å². The second kappa shape index (κ2) is 5.26. The van der Waals surface area contributed by atoms with E-state index in [1.165, 1.54) is 16.7 Å². The van der Waals surface area contributed by atoms with Gasteiger partial charge in [0, 0.05) is 4.90 Å². The van der Waals surface area contributed by atoms with Crippen molar-refractivity contribution >= 4 is 12.6 Å². The van der Waals surface area contributed by atoms with E-state index < -0.39 is 0 Å². The average molecular weight is 182 g/mol. The highest BCUT2D eigenvalue weighted by atomic mass is 32.1. The SMILES string of the molecule is CC.Cc1ccc(S)c(C)c1C. The zero-order valence-corrected chi connectivity index (χ0v) is 9.50. The van der Waals surface area contributed by atoms with Crippen molar-refractivity contribution in [2.24, 2.45) is 0 Å². The van der Waals surface area contributed by atoms with Crippen molar-refractivity contribution in [3.8, 4) is 0 Å². The lowest BCUT2D eigenvalue weighted by Gasteiger charge is -2.05. The van der Waals surface area contributed by atoms with E-state index >= 15 is 0 Å². The Morgan fingerprint density at radius 1 is 0.917 bits per heavy atom. The van der Waals surface area contributed by atoms with Gasteiger partial charge in [-0.3, -0.25) is 0 Å². The molecule has 0 radical (unpaired) electrons. The molecule has 0 spiro atoms. The topological polar surface area (TPSA) is 0 Å². The van der Waals surface area contributed by atoms with Crippen LogP contribution in [0.3, 0.4) is 0 Å². The van der Waals surface area contributed by atoms with Crippen LogP contribution in [0.4, 0.5) is 0 Å². The fraction of sp³-hybridized carbons (Fsp3) is 0.455. The molecule has 68 valence electrons. The highest BCUT2D eigenvalue weighted by Gasteiger charge is 1.98. The molecule has 0 heterocycles. The zero-order chi connectivity index (χ0) is 9.72. The summed E-state index contributed by atoms with van der Waals surface area (Å²) < 4.78 is 0. The van der Waals surface area contributed by atoms with Crippen molar-refractivity contribution in [3.63, 3.8) is 0 Å². The van der Waals surface area contributed by atoms with Crippen molar-refractivity contribution in [3.05, 3.63) is 28.8 Å². The lowest BCUT2D eigenvalue weighted by atomic mass is 10.1. The molecule has 0 amide bonds. The molecule has 0 unspecified atom stereocenters. The van der Waals surface area contributed by atoms with E-state index in [2.05, 4.69) is 39.5 Å². The van der Waals surface area contributed by atoms with Crippen molar-refractivity contribution in [1.82, 2.24) is 0 Å². The van der Waals surface area contributed by atoms with Gasteiger partial charge in [-0.1, -0.05) is 19.9 Å². The number of hydrogen-bond acceptors (Lipinski definition) is 1. The lowest BCUT2D eigenvalue weighted by Crippen LogP contribution is -1.86. The summed E-state index contributed by atoms with van der Waals surface area (Å²) in [4.78, 5) is 1.09. The van der Waals surface area contributed by atoms with Crippen LogP contribution in [0.2, 0.25) is 0 Å². The smallest absolute Gasteiger partial charge is 0.00720 e. The number of aryl methyl sites for hydroxylation is 1. The molecule has 0 aliphatic carbocycles. The molecule has 0 bridgehead atoms. The minimum absolute atomic E-state index is 1.09. The molecule has 0 aliphatic heterocycles. The Balaban J connectivity index is 0.000000561. The highest BCUT2D eigenvalue weighted by Crippen LogP contribution is 2.19. The van der Waals surface area contributed by atoms with Gasteiger partial charge >= 0.3 is 0 Å². The van der Waals surface area contributed by atoms with E-state index in [-0.39, 0.29) is 0 Å². The summed E-state index contributed by atoms with van der Waals surface area (Å²) in [6.45, 7) is 10.4. The van der Waals surface area contributed by atoms with Crippen molar-refractivity contribution in [1.29, 1.82) is 0 Å². The molecule has 1 rings (SSSR count). The van der Waals surface area contributed by atoms with E-state index in [0.29, 0.717) is 0 Å². The van der Waals surface area contributed by atoms with Gasteiger partial charge in [-0.2, -0.15) is 0 Å². The third-order valence-electron chi connectivity index (χ3n) is 2.03. The van der Waals surface area contributed by atoms with Gasteiger partial charge in [0.25, 0.3) is 0 Å². The number of thiol groups is 1. The molecule has 0 fully saturated rings. The largest absolute Gasteiger partial charge is 0.143 e. The lowest BCUT2D eigenvalue weighted by molar-refractivity contribution is 1.19. The zero-order valence-electron chi connectivity index (χ0n) is 8.60. The molecule has 0 atom stereocenters. The van der Waals surface area contributed by atoms with Crippen LogP contribution < -0.4 is 0 Å². The van der Waals surface area contributed by atoms with Crippen molar-refractivity contribution in [2.45, 2.75) is 39.5 Å². The summed E-state index contributed by atoms with van der Waals surface area (Å²) in [6.07, 6.45) is 0. The maximum absolute atomic E-state index is 4.31. The van der Waals surface area contributed by atoms with E-state index in [4.69, 9.17) is 0 Å². The Bertz CT molecular complexity index is 224. The van der Waals surface area contributed by atoms with Gasteiger partial charge in [0.05, 0.1) is 0 Å². The molecule has 0 nitrogen and oxygen atoms in total. The standard InChI is InChI=1S/C9H12S.C2H6/c1-6-4-5-9(10)8(3)7(6)2;1-2/h4-5,10H,1-3H3;1-2H3. The molecular weight excluding hydrogens is 164 g/mol. The second-order valence-electron chi connectivity index (χ2n) is 2.65. The fourth-order valence-corrected chi connectivity index (χ4v) is 1.18. The Labute approximate surface area is 81.4 Å². The van der Waals surface area contributed by atoms with Gasteiger partial charge < -0.3 is 0 Å². The molecule has 1 heteroatoms. The Hall–Kier alpha value is -0.430. The minimum Gasteiger partial charge on any atom is -0.143 e. The van der Waals surface area contributed by atoms with Crippen molar-refractivity contribution in [2.75, 3.05) is 0 Å². The monoisotopic (exact) mass is 182 g/mol. The summed E-state index contributed by atoms with van der Waals surface area (Å²) in [6, 6.07) is 4.14. The normalized spacial score (nSPS) is 8.83. The predicted octanol–water partition coefficient (Wildman–Crippen LogP) is 3.93. The van der Waals surface area contributed by atoms with Crippen LogP contribution in [0.25, 0.3) is 0 Å². The quantitative estimate of drug-likeness (QED) is 0.577. The molecule has 1 aromatic rings. The fourth-order valence-electron chi connectivity index (χ4n) is 0.942. The Morgan fingerprint density at radius 2 is 1.42 bits per heavy atom. The molecular formula is C11H18S. The molecule has 0 aliphatic rings. The summed E-state index contributed by atoms with van der Waals surface area (Å²) >= 11 is 4.31. The van der Waals surface area contributed by atoms with Crippen LogP contribution in [-0.4, -0.2) is 0 Å². The van der Waals surface area contributed by atoms with Crippen LogP contribution in [0.15, 0.2) is 17.0 Å². The summed E-state index contributed by atoms with van der Waals surface area (Å²) in [5.41, 5.74) is 3.99. The third-order valence-corrected chi connectivity index (χ3v) is 2.51. The Kier molecular flexibility index (Phi) is 5.07. The van der Waals surface area contributed by atoms with Crippen molar-refractivity contribution < 1.29 is 0 Å². The Morgan fingerprint density at radius 3 is 1.83 bits per heavy atom. The maximum atomic E-state index is 4.31. The molecule has 1 aromatic carbocycles. The second-order valence-corrected chi connectivity index (χ2v) is 3.13. The molecule has 0 N–H and O–H groups in total. The van der Waals surface area contributed by atoms with Crippen LogP contribution in [0.1, 0.15) is 30.5 Å². The number of rotatable bonds is 0. The van der Waals surface area contributed by atoms with Gasteiger partial charge in [-0.05, 0) is 43.5 Å². The summed E-state index contributed by atoms with van der Waals surface area (Å²) in [5, 5.41) is 0. The van der Waals surface area contributed by atoms with Gasteiger partial charge in [-0.25, -0.2) is 0 Å². The maximum Gasteiger partial charge on any atom is 0.00720 e. The van der Waals surface area contributed by atoms with Crippen LogP contribution >= 0.6 is 12.6 Å².